The van der Waals surface area contributed by atoms with Gasteiger partial charge in [0.1, 0.15) is 11.6 Å². The van der Waals surface area contributed by atoms with Crippen molar-refractivity contribution in [3.05, 3.63) is 120 Å². The molecule has 0 fully saturated rings. The molecule has 1 aliphatic rings. The number of pyridine rings is 2. The van der Waals surface area contributed by atoms with Crippen LogP contribution in [0, 0.1) is 0 Å². The molecular weight excluding hydrogens is 466 g/mol. The molecule has 5 aromatic rings. The van der Waals surface area contributed by atoms with Crippen LogP contribution in [0.25, 0.3) is 11.1 Å². The summed E-state index contributed by atoms with van der Waals surface area (Å²) in [6.07, 6.45) is 6.35. The lowest BCUT2D eigenvalue weighted by Gasteiger charge is -2.22. The Kier molecular flexibility index (Phi) is 5.67. The van der Waals surface area contributed by atoms with Gasteiger partial charge in [0.05, 0.1) is 36.0 Å². The highest BCUT2D eigenvalue weighted by atomic mass is 16.3. The van der Waals surface area contributed by atoms with Gasteiger partial charge in [-0.3, -0.25) is 9.59 Å². The lowest BCUT2D eigenvalue weighted by molar-refractivity contribution is 0.0984. The Labute approximate surface area is 212 Å². The fourth-order valence-electron chi connectivity index (χ4n) is 4.34. The van der Waals surface area contributed by atoms with E-state index in [9.17, 15) is 9.59 Å². The van der Waals surface area contributed by atoms with Crippen LogP contribution in [0.4, 0.5) is 23.0 Å². The molecule has 4 heterocycles. The minimum atomic E-state index is -0.306. The highest BCUT2D eigenvalue weighted by Gasteiger charge is 2.25. The number of amides is 2. The average Bonchev–Trinajstić information content (AvgIpc) is 3.42. The van der Waals surface area contributed by atoms with Crippen molar-refractivity contribution in [3.63, 3.8) is 0 Å². The van der Waals surface area contributed by atoms with E-state index in [1.807, 2.05) is 48.5 Å². The van der Waals surface area contributed by atoms with E-state index >= 15 is 0 Å². The SMILES string of the molecule is O=C(Nc1ccc(C(=O)N2Cc3cccnc3Nc3ccccc32)cn1)c1ccccc1-c1ccoc1. The fraction of sp³-hybridized carbons (Fsp3) is 0.0345. The number of carbonyl (C=O) groups is 2. The Morgan fingerprint density at radius 1 is 0.919 bits per heavy atom. The Bertz CT molecular complexity index is 1600. The predicted octanol–water partition coefficient (Wildman–Crippen LogP) is 5.89. The second kappa shape index (κ2) is 9.43. The molecule has 0 spiro atoms. The first-order valence-corrected chi connectivity index (χ1v) is 11.7. The first-order chi connectivity index (χ1) is 18.2. The molecule has 0 atom stereocenters. The number of rotatable bonds is 4. The van der Waals surface area contributed by atoms with Crippen LogP contribution in [0.2, 0.25) is 0 Å². The van der Waals surface area contributed by atoms with E-state index in [1.165, 1.54) is 6.20 Å². The molecule has 0 unspecified atom stereocenters. The average molecular weight is 488 g/mol. The summed E-state index contributed by atoms with van der Waals surface area (Å²) in [4.78, 5) is 37.1. The second-order valence-electron chi connectivity index (χ2n) is 8.49. The van der Waals surface area contributed by atoms with E-state index in [0.29, 0.717) is 23.5 Å². The highest BCUT2D eigenvalue weighted by molar-refractivity contribution is 6.10. The molecule has 0 saturated heterocycles. The number of para-hydroxylation sites is 2. The van der Waals surface area contributed by atoms with Gasteiger partial charge in [0.15, 0.2) is 0 Å². The van der Waals surface area contributed by atoms with Gasteiger partial charge >= 0.3 is 0 Å². The van der Waals surface area contributed by atoms with E-state index < -0.39 is 0 Å². The van der Waals surface area contributed by atoms with E-state index in [4.69, 9.17) is 4.42 Å². The number of carbonyl (C=O) groups excluding carboxylic acids is 2. The van der Waals surface area contributed by atoms with Gasteiger partial charge in [0.2, 0.25) is 0 Å². The molecular formula is C29H21N5O3. The molecule has 180 valence electrons. The Hall–Kier alpha value is -5.24. The third-order valence-electron chi connectivity index (χ3n) is 6.17. The number of nitrogens with one attached hydrogen (secondary N) is 2. The molecule has 0 bridgehead atoms. The normalized spacial score (nSPS) is 12.1. The largest absolute Gasteiger partial charge is 0.472 e. The number of benzene rings is 2. The summed E-state index contributed by atoms with van der Waals surface area (Å²) in [7, 11) is 0. The molecule has 2 aromatic carbocycles. The van der Waals surface area contributed by atoms with Gasteiger partial charge in [0, 0.05) is 29.1 Å². The Balaban J connectivity index is 1.24. The van der Waals surface area contributed by atoms with Crippen molar-refractivity contribution in [2.24, 2.45) is 0 Å². The van der Waals surface area contributed by atoms with Crippen molar-refractivity contribution in [3.8, 4) is 11.1 Å². The summed E-state index contributed by atoms with van der Waals surface area (Å²) < 4.78 is 5.17. The maximum absolute atomic E-state index is 13.6. The fourth-order valence-corrected chi connectivity index (χ4v) is 4.34. The maximum Gasteiger partial charge on any atom is 0.260 e. The van der Waals surface area contributed by atoms with Crippen LogP contribution in [-0.2, 0) is 6.54 Å². The number of fused-ring (bicyclic) bond motifs is 2. The molecule has 1 aliphatic heterocycles. The van der Waals surface area contributed by atoms with Crippen molar-refractivity contribution in [1.82, 2.24) is 9.97 Å². The van der Waals surface area contributed by atoms with Gasteiger partial charge in [-0.05, 0) is 48.0 Å². The summed E-state index contributed by atoms with van der Waals surface area (Å²) >= 11 is 0. The minimum absolute atomic E-state index is 0.207. The molecule has 2 amide bonds. The van der Waals surface area contributed by atoms with Crippen molar-refractivity contribution in [2.45, 2.75) is 6.54 Å². The van der Waals surface area contributed by atoms with Crippen LogP contribution >= 0.6 is 0 Å². The van der Waals surface area contributed by atoms with E-state index in [-0.39, 0.29) is 11.8 Å². The van der Waals surface area contributed by atoms with Gasteiger partial charge in [-0.2, -0.15) is 0 Å². The van der Waals surface area contributed by atoms with Crippen LogP contribution in [0.5, 0.6) is 0 Å². The zero-order valence-corrected chi connectivity index (χ0v) is 19.6. The van der Waals surface area contributed by atoms with Crippen molar-refractivity contribution in [1.29, 1.82) is 0 Å². The molecule has 2 N–H and O–H groups in total. The third-order valence-corrected chi connectivity index (χ3v) is 6.17. The smallest absolute Gasteiger partial charge is 0.260 e. The molecule has 8 nitrogen and oxygen atoms in total. The zero-order chi connectivity index (χ0) is 25.2. The van der Waals surface area contributed by atoms with Crippen molar-refractivity contribution >= 4 is 34.8 Å². The number of aromatic nitrogens is 2. The van der Waals surface area contributed by atoms with E-state index in [1.54, 1.807) is 54.0 Å². The van der Waals surface area contributed by atoms with E-state index in [2.05, 4.69) is 20.6 Å². The number of anilines is 4. The van der Waals surface area contributed by atoms with Crippen LogP contribution < -0.4 is 15.5 Å². The first kappa shape index (κ1) is 22.2. The summed E-state index contributed by atoms with van der Waals surface area (Å²) in [5, 5.41) is 6.15. The number of hydrogen-bond acceptors (Lipinski definition) is 6. The lowest BCUT2D eigenvalue weighted by atomic mass is 10.0. The van der Waals surface area contributed by atoms with Crippen LogP contribution in [0.15, 0.2) is 108 Å². The number of hydrogen-bond donors (Lipinski definition) is 2. The van der Waals surface area contributed by atoms with Gasteiger partial charge in [-0.1, -0.05) is 36.4 Å². The Morgan fingerprint density at radius 3 is 2.62 bits per heavy atom. The van der Waals surface area contributed by atoms with E-state index in [0.717, 1.165) is 33.9 Å². The topological polar surface area (TPSA) is 100 Å². The molecule has 0 aliphatic carbocycles. The summed E-state index contributed by atoms with van der Waals surface area (Å²) in [5.74, 6) is 0.551. The molecule has 0 radical (unpaired) electrons. The molecule has 8 heteroatoms. The summed E-state index contributed by atoms with van der Waals surface area (Å²) in [5.41, 5.74) is 4.90. The van der Waals surface area contributed by atoms with Gasteiger partial charge in [-0.15, -0.1) is 0 Å². The molecule has 0 saturated carbocycles. The molecule has 6 rings (SSSR count). The molecule has 37 heavy (non-hydrogen) atoms. The standard InChI is InChI=1S/C29H21N5O3/c35-28(23-8-2-1-7-22(23)21-13-15-37-18-21)33-26-12-11-19(16-31-26)29(36)34-17-20-6-5-14-30-27(20)32-24-9-3-4-10-25(24)34/h1-16,18H,17H2,(H,30,32)(H,31,33,35). The number of nitrogens with zero attached hydrogens (tertiary/aromatic N) is 3. The van der Waals surface area contributed by atoms with Crippen LogP contribution in [-0.4, -0.2) is 21.8 Å². The van der Waals surface area contributed by atoms with Gasteiger partial charge in [0.25, 0.3) is 11.8 Å². The molecule has 3 aromatic heterocycles. The van der Waals surface area contributed by atoms with Gasteiger partial charge in [-0.25, -0.2) is 9.97 Å². The lowest BCUT2D eigenvalue weighted by Crippen LogP contribution is -2.30. The quantitative estimate of drug-likeness (QED) is 0.328. The monoisotopic (exact) mass is 487 g/mol. The van der Waals surface area contributed by atoms with Crippen molar-refractivity contribution < 1.29 is 14.0 Å². The zero-order valence-electron chi connectivity index (χ0n) is 19.6. The predicted molar refractivity (Wildman–Crippen MR) is 141 cm³/mol. The van der Waals surface area contributed by atoms with Crippen LogP contribution in [0.3, 0.4) is 0 Å². The first-order valence-electron chi connectivity index (χ1n) is 11.7. The Morgan fingerprint density at radius 2 is 1.78 bits per heavy atom. The van der Waals surface area contributed by atoms with Gasteiger partial charge < -0.3 is 20.0 Å². The number of furan rings is 1. The van der Waals surface area contributed by atoms with Crippen LogP contribution in [0.1, 0.15) is 26.3 Å². The van der Waals surface area contributed by atoms with Crippen molar-refractivity contribution in [2.75, 3.05) is 15.5 Å². The third kappa shape index (κ3) is 4.32. The summed E-state index contributed by atoms with van der Waals surface area (Å²) in [6.45, 7) is 0.356. The maximum atomic E-state index is 13.6. The minimum Gasteiger partial charge on any atom is -0.472 e. The second-order valence-corrected chi connectivity index (χ2v) is 8.49. The highest BCUT2D eigenvalue weighted by Crippen LogP contribution is 2.35. The summed E-state index contributed by atoms with van der Waals surface area (Å²) in [6, 6.07) is 23.8.